The Morgan fingerprint density at radius 2 is 1.79 bits per heavy atom. The minimum Gasteiger partial charge on any atom is -0.419 e. The SMILES string of the molecule is O=S(=O)(Nc1nccs1)c1ccc(NCc2nnc(-c3ccccc3)o2)cc1. The van der Waals surface area contributed by atoms with Crippen LogP contribution >= 0.6 is 11.3 Å². The normalized spacial score (nSPS) is 11.3. The second-order valence-electron chi connectivity index (χ2n) is 5.69. The summed E-state index contributed by atoms with van der Waals surface area (Å²) in [6.07, 6.45) is 1.54. The van der Waals surface area contributed by atoms with E-state index in [1.54, 1.807) is 17.5 Å². The average Bonchev–Trinajstić information content (AvgIpc) is 3.39. The summed E-state index contributed by atoms with van der Waals surface area (Å²) in [5.74, 6) is 0.882. The van der Waals surface area contributed by atoms with Crippen LogP contribution in [0.1, 0.15) is 5.89 Å². The van der Waals surface area contributed by atoms with Gasteiger partial charge in [0.15, 0.2) is 5.13 Å². The smallest absolute Gasteiger partial charge is 0.263 e. The number of anilines is 2. The second kappa shape index (κ2) is 7.79. The van der Waals surface area contributed by atoms with Gasteiger partial charge in [-0.15, -0.1) is 21.5 Å². The van der Waals surface area contributed by atoms with Crippen molar-refractivity contribution in [3.63, 3.8) is 0 Å². The molecule has 0 radical (unpaired) electrons. The molecule has 0 amide bonds. The van der Waals surface area contributed by atoms with Crippen LogP contribution in [0.3, 0.4) is 0 Å². The maximum atomic E-state index is 12.3. The number of thiazole rings is 1. The zero-order chi connectivity index (χ0) is 19.4. The fourth-order valence-corrected chi connectivity index (χ4v) is 4.19. The topological polar surface area (TPSA) is 110 Å². The van der Waals surface area contributed by atoms with E-state index >= 15 is 0 Å². The van der Waals surface area contributed by atoms with E-state index in [1.165, 1.54) is 29.7 Å². The molecular weight excluding hydrogens is 398 g/mol. The highest BCUT2D eigenvalue weighted by atomic mass is 32.2. The summed E-state index contributed by atoms with van der Waals surface area (Å²) in [5, 5.41) is 13.2. The molecule has 28 heavy (non-hydrogen) atoms. The molecule has 2 heterocycles. The molecule has 0 atom stereocenters. The molecule has 0 saturated carbocycles. The van der Waals surface area contributed by atoms with Gasteiger partial charge in [-0.25, -0.2) is 13.4 Å². The van der Waals surface area contributed by atoms with Gasteiger partial charge in [-0.05, 0) is 36.4 Å². The molecule has 0 spiro atoms. The van der Waals surface area contributed by atoms with Gasteiger partial charge in [0.05, 0.1) is 11.4 Å². The Kier molecular flexibility index (Phi) is 5.04. The number of nitrogens with one attached hydrogen (secondary N) is 2. The van der Waals surface area contributed by atoms with E-state index in [0.29, 0.717) is 23.5 Å². The molecule has 2 aromatic carbocycles. The second-order valence-corrected chi connectivity index (χ2v) is 8.26. The number of aromatic nitrogens is 3. The van der Waals surface area contributed by atoms with Crippen LogP contribution in [0.25, 0.3) is 11.5 Å². The van der Waals surface area contributed by atoms with Gasteiger partial charge in [-0.3, -0.25) is 4.72 Å². The van der Waals surface area contributed by atoms with Gasteiger partial charge in [-0.1, -0.05) is 18.2 Å². The quantitative estimate of drug-likeness (QED) is 0.476. The van der Waals surface area contributed by atoms with Crippen molar-refractivity contribution >= 4 is 32.2 Å². The maximum Gasteiger partial charge on any atom is 0.263 e. The largest absolute Gasteiger partial charge is 0.419 e. The summed E-state index contributed by atoms with van der Waals surface area (Å²) in [6, 6.07) is 15.9. The van der Waals surface area contributed by atoms with Crippen LogP contribution in [-0.4, -0.2) is 23.6 Å². The highest BCUT2D eigenvalue weighted by Gasteiger charge is 2.15. The van der Waals surface area contributed by atoms with Crippen molar-refractivity contribution in [2.45, 2.75) is 11.4 Å². The first kappa shape index (κ1) is 18.1. The highest BCUT2D eigenvalue weighted by molar-refractivity contribution is 7.93. The van der Waals surface area contributed by atoms with Crippen molar-refractivity contribution in [3.8, 4) is 11.5 Å². The summed E-state index contributed by atoms with van der Waals surface area (Å²) < 4.78 is 32.7. The third kappa shape index (κ3) is 4.18. The molecule has 0 unspecified atom stereocenters. The Morgan fingerprint density at radius 3 is 2.50 bits per heavy atom. The number of benzene rings is 2. The van der Waals surface area contributed by atoms with Gasteiger partial charge in [-0.2, -0.15) is 0 Å². The molecule has 10 heteroatoms. The maximum absolute atomic E-state index is 12.3. The minimum atomic E-state index is -3.67. The Morgan fingerprint density at radius 1 is 1.00 bits per heavy atom. The predicted molar refractivity (Wildman–Crippen MR) is 106 cm³/mol. The molecule has 8 nitrogen and oxygen atoms in total. The summed E-state index contributed by atoms with van der Waals surface area (Å²) in [7, 11) is -3.67. The molecule has 0 bridgehead atoms. The Hall–Kier alpha value is -3.24. The molecule has 142 valence electrons. The first-order valence-electron chi connectivity index (χ1n) is 8.24. The number of hydrogen-bond donors (Lipinski definition) is 2. The van der Waals surface area contributed by atoms with Crippen LogP contribution in [0.4, 0.5) is 10.8 Å². The van der Waals surface area contributed by atoms with Gasteiger partial charge in [0, 0.05) is 22.8 Å². The lowest BCUT2D eigenvalue weighted by molar-refractivity contribution is 0.515. The first-order valence-corrected chi connectivity index (χ1v) is 10.6. The van der Waals surface area contributed by atoms with Crippen LogP contribution in [-0.2, 0) is 16.6 Å². The number of sulfonamides is 1. The third-order valence-corrected chi connectivity index (χ3v) is 5.92. The van der Waals surface area contributed by atoms with Crippen molar-refractivity contribution in [1.29, 1.82) is 0 Å². The van der Waals surface area contributed by atoms with Gasteiger partial charge in [0.25, 0.3) is 10.0 Å². The monoisotopic (exact) mass is 413 g/mol. The standard InChI is InChI=1S/C18H15N5O3S2/c24-28(25,23-18-19-10-11-27-18)15-8-6-14(7-9-15)20-12-16-21-22-17(26-16)13-4-2-1-3-5-13/h1-11,20H,12H2,(H,19,23). The average molecular weight is 413 g/mol. The van der Waals surface area contributed by atoms with Crippen LogP contribution in [0.2, 0.25) is 0 Å². The van der Waals surface area contributed by atoms with E-state index in [2.05, 4.69) is 25.2 Å². The molecule has 0 aliphatic rings. The van der Waals surface area contributed by atoms with E-state index < -0.39 is 10.0 Å². The lowest BCUT2D eigenvalue weighted by Gasteiger charge is -2.07. The molecule has 4 aromatic rings. The Labute approximate surface area is 165 Å². The fraction of sp³-hybridized carbons (Fsp3) is 0.0556. The fourth-order valence-electron chi connectivity index (χ4n) is 2.40. The molecule has 0 aliphatic carbocycles. The van der Waals surface area contributed by atoms with Crippen LogP contribution in [0.15, 0.2) is 75.5 Å². The lowest BCUT2D eigenvalue weighted by atomic mass is 10.2. The van der Waals surface area contributed by atoms with Crippen LogP contribution in [0.5, 0.6) is 0 Å². The molecule has 0 saturated heterocycles. The van der Waals surface area contributed by atoms with E-state index in [-0.39, 0.29) is 4.90 Å². The predicted octanol–water partition coefficient (Wildman–Crippen LogP) is 3.61. The molecular formula is C18H15N5O3S2. The lowest BCUT2D eigenvalue weighted by Crippen LogP contribution is -2.12. The van der Waals surface area contributed by atoms with Gasteiger partial charge >= 0.3 is 0 Å². The van der Waals surface area contributed by atoms with Crippen molar-refractivity contribution in [1.82, 2.24) is 15.2 Å². The summed E-state index contributed by atoms with van der Waals surface area (Å²) >= 11 is 1.22. The Balaban J connectivity index is 1.39. The zero-order valence-corrected chi connectivity index (χ0v) is 16.1. The van der Waals surface area contributed by atoms with Gasteiger partial charge < -0.3 is 9.73 Å². The van der Waals surface area contributed by atoms with E-state index in [4.69, 9.17) is 4.42 Å². The molecule has 4 rings (SSSR count). The number of hydrogen-bond acceptors (Lipinski definition) is 8. The van der Waals surface area contributed by atoms with Crippen molar-refractivity contribution in [2.24, 2.45) is 0 Å². The van der Waals surface area contributed by atoms with Gasteiger partial charge in [0.2, 0.25) is 11.8 Å². The third-order valence-electron chi connectivity index (χ3n) is 3.75. The summed E-state index contributed by atoms with van der Waals surface area (Å²) in [5.41, 5.74) is 1.58. The number of nitrogens with zero attached hydrogens (tertiary/aromatic N) is 3. The van der Waals surface area contributed by atoms with Crippen molar-refractivity contribution < 1.29 is 12.8 Å². The highest BCUT2D eigenvalue weighted by Crippen LogP contribution is 2.21. The van der Waals surface area contributed by atoms with Crippen molar-refractivity contribution in [2.75, 3.05) is 10.0 Å². The molecule has 0 fully saturated rings. The minimum absolute atomic E-state index is 0.150. The molecule has 2 aromatic heterocycles. The summed E-state index contributed by atoms with van der Waals surface area (Å²) in [4.78, 5) is 4.07. The van der Waals surface area contributed by atoms with Crippen molar-refractivity contribution in [3.05, 3.63) is 72.1 Å². The molecule has 2 N–H and O–H groups in total. The van der Waals surface area contributed by atoms with Crippen LogP contribution in [0, 0.1) is 0 Å². The van der Waals surface area contributed by atoms with Crippen LogP contribution < -0.4 is 10.0 Å². The van der Waals surface area contributed by atoms with E-state index in [9.17, 15) is 8.42 Å². The molecule has 0 aliphatic heterocycles. The first-order chi connectivity index (χ1) is 13.6. The van der Waals surface area contributed by atoms with Gasteiger partial charge in [0.1, 0.15) is 0 Å². The summed E-state index contributed by atoms with van der Waals surface area (Å²) in [6.45, 7) is 0.323. The van der Waals surface area contributed by atoms with E-state index in [1.807, 2.05) is 30.3 Å². The number of rotatable bonds is 7. The Bertz CT molecular complexity index is 1140. The zero-order valence-electron chi connectivity index (χ0n) is 14.4. The van der Waals surface area contributed by atoms with E-state index in [0.717, 1.165) is 11.3 Å².